The van der Waals surface area contributed by atoms with E-state index < -0.39 is 0 Å². The molecule has 0 bridgehead atoms. The zero-order valence-electron chi connectivity index (χ0n) is 10.4. The zero-order chi connectivity index (χ0) is 13.3. The van der Waals surface area contributed by atoms with Gasteiger partial charge in [-0.25, -0.2) is 0 Å². The summed E-state index contributed by atoms with van der Waals surface area (Å²) in [6.07, 6.45) is 6.29. The van der Waals surface area contributed by atoms with E-state index in [1.165, 1.54) is 0 Å². The Bertz CT molecular complexity index is 619. The molecule has 1 aromatic heterocycles. The van der Waals surface area contributed by atoms with Gasteiger partial charge in [-0.05, 0) is 37.5 Å². The van der Waals surface area contributed by atoms with Crippen LogP contribution in [0.5, 0.6) is 0 Å². The van der Waals surface area contributed by atoms with Crippen LogP contribution in [0.25, 0.3) is 11.0 Å². The summed E-state index contributed by atoms with van der Waals surface area (Å²) in [6.45, 7) is 0. The highest BCUT2D eigenvalue weighted by atomic mass is 35.5. The van der Waals surface area contributed by atoms with Crippen LogP contribution < -0.4 is 5.32 Å². The Kier molecular flexibility index (Phi) is 3.11. The second-order valence-electron chi connectivity index (χ2n) is 4.98. The van der Waals surface area contributed by atoms with Gasteiger partial charge in [0.15, 0.2) is 0 Å². The molecule has 1 saturated carbocycles. The Balaban J connectivity index is 1.85. The highest BCUT2D eigenvalue weighted by molar-refractivity contribution is 6.19. The Morgan fingerprint density at radius 1 is 1.26 bits per heavy atom. The molecule has 4 nitrogen and oxygen atoms in total. The van der Waals surface area contributed by atoms with Crippen molar-refractivity contribution in [1.29, 1.82) is 0 Å². The molecule has 1 aromatic carbocycles. The van der Waals surface area contributed by atoms with E-state index in [1.54, 1.807) is 24.5 Å². The quantitative estimate of drug-likeness (QED) is 0.876. The van der Waals surface area contributed by atoms with E-state index >= 15 is 0 Å². The topological polar surface area (TPSA) is 54.9 Å². The van der Waals surface area contributed by atoms with Gasteiger partial charge in [0.25, 0.3) is 5.91 Å². The van der Waals surface area contributed by atoms with Crippen molar-refractivity contribution in [2.75, 3.05) is 5.88 Å². The van der Waals surface area contributed by atoms with Crippen molar-refractivity contribution in [3.05, 3.63) is 36.2 Å². The van der Waals surface area contributed by atoms with Gasteiger partial charge in [0, 0.05) is 23.8 Å². The molecular weight excluding hydrogens is 262 g/mol. The van der Waals surface area contributed by atoms with Crippen LogP contribution in [0.3, 0.4) is 0 Å². The highest BCUT2D eigenvalue weighted by Crippen LogP contribution is 2.33. The molecule has 5 heteroatoms. The highest BCUT2D eigenvalue weighted by Gasteiger charge is 2.37. The lowest BCUT2D eigenvalue weighted by atomic mass is 9.78. The minimum Gasteiger partial charge on any atom is -0.345 e. The standard InChI is InChI=1S/C14H14ClN3O/c15-9-14(4-1-5-14)18-13(19)10-2-3-11-12(8-10)17-7-6-16-11/h2-3,6-8H,1,4-5,9H2,(H,18,19). The predicted molar refractivity (Wildman–Crippen MR) is 74.3 cm³/mol. The number of hydrogen-bond acceptors (Lipinski definition) is 3. The van der Waals surface area contributed by atoms with Crippen LogP contribution in [0, 0.1) is 0 Å². The third kappa shape index (κ3) is 2.28. The van der Waals surface area contributed by atoms with E-state index in [4.69, 9.17) is 11.6 Å². The minimum atomic E-state index is -0.212. The van der Waals surface area contributed by atoms with E-state index in [0.717, 1.165) is 30.3 Å². The number of aromatic nitrogens is 2. The molecule has 1 heterocycles. The minimum absolute atomic E-state index is 0.0899. The molecule has 0 spiro atoms. The van der Waals surface area contributed by atoms with Gasteiger partial charge in [-0.2, -0.15) is 0 Å². The van der Waals surface area contributed by atoms with Gasteiger partial charge in [-0.15, -0.1) is 11.6 Å². The van der Waals surface area contributed by atoms with Gasteiger partial charge in [0.05, 0.1) is 16.6 Å². The molecule has 1 aliphatic rings. The summed E-state index contributed by atoms with van der Waals surface area (Å²) in [5.74, 6) is 0.375. The average molecular weight is 276 g/mol. The van der Waals surface area contributed by atoms with Crippen molar-refractivity contribution in [3.8, 4) is 0 Å². The van der Waals surface area contributed by atoms with Crippen LogP contribution in [0.1, 0.15) is 29.6 Å². The van der Waals surface area contributed by atoms with E-state index in [9.17, 15) is 4.79 Å². The van der Waals surface area contributed by atoms with E-state index in [-0.39, 0.29) is 11.4 Å². The third-order valence-electron chi connectivity index (χ3n) is 3.68. The van der Waals surface area contributed by atoms with Gasteiger partial charge >= 0.3 is 0 Å². The first kappa shape index (κ1) is 12.4. The maximum Gasteiger partial charge on any atom is 0.251 e. The lowest BCUT2D eigenvalue weighted by Gasteiger charge is -2.41. The molecule has 1 amide bonds. The number of benzene rings is 1. The molecule has 0 unspecified atom stereocenters. The molecule has 0 aliphatic heterocycles. The number of amides is 1. The Hall–Kier alpha value is -1.68. The first-order chi connectivity index (χ1) is 9.22. The van der Waals surface area contributed by atoms with Crippen LogP contribution in [-0.2, 0) is 0 Å². The van der Waals surface area contributed by atoms with Crippen LogP contribution in [-0.4, -0.2) is 27.3 Å². The first-order valence-corrected chi connectivity index (χ1v) is 6.85. The number of rotatable bonds is 3. The summed E-state index contributed by atoms with van der Waals surface area (Å²) in [7, 11) is 0. The van der Waals surface area contributed by atoms with Crippen molar-refractivity contribution >= 4 is 28.5 Å². The van der Waals surface area contributed by atoms with E-state index in [1.807, 2.05) is 6.07 Å². The second kappa shape index (κ2) is 4.78. The number of nitrogens with zero attached hydrogens (tertiary/aromatic N) is 2. The normalized spacial score (nSPS) is 16.9. The van der Waals surface area contributed by atoms with E-state index in [0.29, 0.717) is 11.4 Å². The number of hydrogen-bond donors (Lipinski definition) is 1. The lowest BCUT2D eigenvalue weighted by molar-refractivity contribution is 0.0854. The number of halogens is 1. The number of carbonyl (C=O) groups is 1. The Morgan fingerprint density at radius 3 is 2.63 bits per heavy atom. The fourth-order valence-corrected chi connectivity index (χ4v) is 2.65. The van der Waals surface area contributed by atoms with Crippen molar-refractivity contribution in [2.24, 2.45) is 0 Å². The van der Waals surface area contributed by atoms with Crippen molar-refractivity contribution in [3.63, 3.8) is 0 Å². The molecule has 2 aromatic rings. The smallest absolute Gasteiger partial charge is 0.251 e. The van der Waals surface area contributed by atoms with Crippen molar-refractivity contribution in [1.82, 2.24) is 15.3 Å². The Morgan fingerprint density at radius 2 is 2.00 bits per heavy atom. The van der Waals surface area contributed by atoms with Crippen molar-refractivity contribution < 1.29 is 4.79 Å². The number of nitrogens with one attached hydrogen (secondary N) is 1. The number of fused-ring (bicyclic) bond motifs is 1. The molecule has 19 heavy (non-hydrogen) atoms. The second-order valence-corrected chi connectivity index (χ2v) is 5.25. The SMILES string of the molecule is O=C(NC1(CCl)CCC1)c1ccc2nccnc2c1. The van der Waals surface area contributed by atoms with Gasteiger partial charge in [0.2, 0.25) is 0 Å². The summed E-state index contributed by atoms with van der Waals surface area (Å²) in [4.78, 5) is 20.6. The molecule has 98 valence electrons. The van der Waals surface area contributed by atoms with Crippen LogP contribution >= 0.6 is 11.6 Å². The maximum atomic E-state index is 12.2. The van der Waals surface area contributed by atoms with Gasteiger partial charge in [-0.3, -0.25) is 14.8 Å². The summed E-state index contributed by atoms with van der Waals surface area (Å²) in [6, 6.07) is 5.34. The average Bonchev–Trinajstić information content (AvgIpc) is 2.42. The first-order valence-electron chi connectivity index (χ1n) is 6.32. The Labute approximate surface area is 116 Å². The van der Waals surface area contributed by atoms with Crippen LogP contribution in [0.2, 0.25) is 0 Å². The fraction of sp³-hybridized carbons (Fsp3) is 0.357. The zero-order valence-corrected chi connectivity index (χ0v) is 11.2. The fourth-order valence-electron chi connectivity index (χ4n) is 2.31. The molecule has 1 fully saturated rings. The largest absolute Gasteiger partial charge is 0.345 e. The number of carbonyl (C=O) groups excluding carboxylic acids is 1. The molecule has 1 N–H and O–H groups in total. The van der Waals surface area contributed by atoms with Gasteiger partial charge < -0.3 is 5.32 Å². The van der Waals surface area contributed by atoms with Gasteiger partial charge in [0.1, 0.15) is 0 Å². The summed E-state index contributed by atoms with van der Waals surface area (Å²) in [5, 5.41) is 3.04. The van der Waals surface area contributed by atoms with Crippen molar-refractivity contribution in [2.45, 2.75) is 24.8 Å². The monoisotopic (exact) mass is 275 g/mol. The summed E-state index contributed by atoms with van der Waals surface area (Å²) in [5.41, 5.74) is 1.90. The predicted octanol–water partition coefficient (Wildman–Crippen LogP) is 2.52. The summed E-state index contributed by atoms with van der Waals surface area (Å²) < 4.78 is 0. The maximum absolute atomic E-state index is 12.2. The third-order valence-corrected chi connectivity index (χ3v) is 4.19. The lowest BCUT2D eigenvalue weighted by Crippen LogP contribution is -2.55. The van der Waals surface area contributed by atoms with Crippen LogP contribution in [0.15, 0.2) is 30.6 Å². The molecule has 0 atom stereocenters. The van der Waals surface area contributed by atoms with E-state index in [2.05, 4.69) is 15.3 Å². The van der Waals surface area contributed by atoms with Crippen LogP contribution in [0.4, 0.5) is 0 Å². The number of alkyl halides is 1. The molecule has 3 rings (SSSR count). The molecule has 0 radical (unpaired) electrons. The summed E-state index contributed by atoms with van der Waals surface area (Å²) >= 11 is 5.95. The molecule has 0 saturated heterocycles. The molecular formula is C14H14ClN3O. The van der Waals surface area contributed by atoms with Gasteiger partial charge in [-0.1, -0.05) is 0 Å². The molecule has 1 aliphatic carbocycles.